The number of anilines is 1. The summed E-state index contributed by atoms with van der Waals surface area (Å²) in [5.74, 6) is -2.01. The van der Waals surface area contributed by atoms with E-state index in [0.717, 1.165) is 31.5 Å². The molecule has 1 fully saturated rings. The van der Waals surface area contributed by atoms with Crippen molar-refractivity contribution in [1.82, 2.24) is 0 Å². The van der Waals surface area contributed by atoms with Crippen LogP contribution in [0.3, 0.4) is 0 Å². The maximum Gasteiger partial charge on any atom is 0.279 e. The highest BCUT2D eigenvalue weighted by molar-refractivity contribution is 5.91. The third kappa shape index (κ3) is 3.73. The number of piperidine rings is 1. The molecule has 2 rings (SSSR count). The summed E-state index contributed by atoms with van der Waals surface area (Å²) in [7, 11) is 0. The van der Waals surface area contributed by atoms with Crippen molar-refractivity contribution in [3.05, 3.63) is 29.8 Å². The smallest absolute Gasteiger partial charge is 0.279 e. The van der Waals surface area contributed by atoms with E-state index in [4.69, 9.17) is 0 Å². The largest absolute Gasteiger partial charge is 0.325 e. The Bertz CT molecular complexity index is 465. The molecule has 0 radical (unpaired) electrons. The van der Waals surface area contributed by atoms with Gasteiger partial charge in [-0.15, -0.1) is 0 Å². The molecule has 1 heterocycles. The van der Waals surface area contributed by atoms with Crippen molar-refractivity contribution in [2.45, 2.75) is 32.2 Å². The highest BCUT2D eigenvalue weighted by Gasteiger charge is 2.24. The van der Waals surface area contributed by atoms with E-state index in [1.54, 1.807) is 0 Å². The number of quaternary nitrogens is 1. The Kier molecular flexibility index (Phi) is 4.47. The van der Waals surface area contributed by atoms with Gasteiger partial charge in [0.2, 0.25) is 0 Å². The number of carbonyl (C=O) groups excluding carboxylic acids is 1. The normalized spacial score (nSPS) is 23.1. The Labute approximate surface area is 111 Å². The lowest BCUT2D eigenvalue weighted by Crippen LogP contribution is -3.17. The van der Waals surface area contributed by atoms with Crippen LogP contribution >= 0.6 is 0 Å². The van der Waals surface area contributed by atoms with E-state index in [9.17, 15) is 13.6 Å². The van der Waals surface area contributed by atoms with Gasteiger partial charge < -0.3 is 10.2 Å². The summed E-state index contributed by atoms with van der Waals surface area (Å²) in [6, 6.07) is 3.86. The molecule has 1 amide bonds. The summed E-state index contributed by atoms with van der Waals surface area (Å²) < 4.78 is 25.8. The average Bonchev–Trinajstić information content (AvgIpc) is 2.37. The van der Waals surface area contributed by atoms with Gasteiger partial charge in [-0.1, -0.05) is 0 Å². The number of carbonyl (C=O) groups is 1. The lowest BCUT2D eigenvalue weighted by molar-refractivity contribution is -0.920. The molecule has 1 saturated heterocycles. The van der Waals surface area contributed by atoms with Gasteiger partial charge in [-0.2, -0.15) is 0 Å². The zero-order valence-electron chi connectivity index (χ0n) is 11.0. The fraction of sp³-hybridized carbons (Fsp3) is 0.500. The SMILES string of the molecule is C[C@H]1CCCC[NH+]1CC(=O)Nc1ccc(F)c(F)c1. The predicted molar refractivity (Wildman–Crippen MR) is 69.0 cm³/mol. The van der Waals surface area contributed by atoms with E-state index in [2.05, 4.69) is 12.2 Å². The second-order valence-corrected chi connectivity index (χ2v) is 5.16. The number of halogens is 2. The number of hydrogen-bond acceptors (Lipinski definition) is 1. The summed E-state index contributed by atoms with van der Waals surface area (Å²) in [6.45, 7) is 3.51. The van der Waals surface area contributed by atoms with E-state index in [0.29, 0.717) is 18.3 Å². The second kappa shape index (κ2) is 6.10. The van der Waals surface area contributed by atoms with Gasteiger partial charge in [0, 0.05) is 11.8 Å². The van der Waals surface area contributed by atoms with Crippen molar-refractivity contribution >= 4 is 11.6 Å². The van der Waals surface area contributed by atoms with Crippen LogP contribution in [-0.2, 0) is 4.79 Å². The molecule has 0 aliphatic carbocycles. The van der Waals surface area contributed by atoms with Gasteiger partial charge in [-0.05, 0) is 38.3 Å². The van der Waals surface area contributed by atoms with Crippen molar-refractivity contribution in [2.24, 2.45) is 0 Å². The van der Waals surface area contributed by atoms with Crippen LogP contribution < -0.4 is 10.2 Å². The average molecular weight is 269 g/mol. The Morgan fingerprint density at radius 2 is 2.16 bits per heavy atom. The topological polar surface area (TPSA) is 33.5 Å². The molecular weight excluding hydrogens is 250 g/mol. The number of benzene rings is 1. The molecule has 1 unspecified atom stereocenters. The minimum Gasteiger partial charge on any atom is -0.325 e. The van der Waals surface area contributed by atoms with E-state index < -0.39 is 11.6 Å². The fourth-order valence-electron chi connectivity index (χ4n) is 2.50. The third-order valence-electron chi connectivity index (χ3n) is 3.67. The zero-order chi connectivity index (χ0) is 13.8. The Morgan fingerprint density at radius 1 is 1.37 bits per heavy atom. The highest BCUT2D eigenvalue weighted by Crippen LogP contribution is 2.12. The standard InChI is InChI=1S/C14H18F2N2O/c1-10-4-2-3-7-18(10)9-14(19)17-11-5-6-12(15)13(16)8-11/h5-6,8,10H,2-4,7,9H2,1H3,(H,17,19)/p+1/t10-/m0/s1. The molecule has 5 heteroatoms. The van der Waals surface area contributed by atoms with Crippen LogP contribution in [0.25, 0.3) is 0 Å². The fourth-order valence-corrected chi connectivity index (χ4v) is 2.50. The molecule has 1 aromatic rings. The Balaban J connectivity index is 1.91. The summed E-state index contributed by atoms with van der Waals surface area (Å²) in [6.07, 6.45) is 3.49. The maximum absolute atomic E-state index is 13.0. The molecule has 1 aliphatic heterocycles. The number of hydrogen-bond donors (Lipinski definition) is 2. The molecule has 2 N–H and O–H groups in total. The molecule has 3 nitrogen and oxygen atoms in total. The van der Waals surface area contributed by atoms with Crippen LogP contribution in [0.2, 0.25) is 0 Å². The van der Waals surface area contributed by atoms with E-state index in [-0.39, 0.29) is 5.91 Å². The van der Waals surface area contributed by atoms with Crippen molar-refractivity contribution < 1.29 is 18.5 Å². The molecule has 104 valence electrons. The van der Waals surface area contributed by atoms with Gasteiger partial charge in [0.15, 0.2) is 18.2 Å². The van der Waals surface area contributed by atoms with Gasteiger partial charge in [0.05, 0.1) is 12.6 Å². The highest BCUT2D eigenvalue weighted by atomic mass is 19.2. The number of amides is 1. The van der Waals surface area contributed by atoms with E-state index in [1.165, 1.54) is 17.4 Å². The van der Waals surface area contributed by atoms with Gasteiger partial charge >= 0.3 is 0 Å². The van der Waals surface area contributed by atoms with Crippen LogP contribution in [0.4, 0.5) is 14.5 Å². The van der Waals surface area contributed by atoms with Crippen LogP contribution in [-0.4, -0.2) is 25.0 Å². The number of rotatable bonds is 3. The van der Waals surface area contributed by atoms with Gasteiger partial charge in [-0.25, -0.2) is 8.78 Å². The van der Waals surface area contributed by atoms with Crippen molar-refractivity contribution in [1.29, 1.82) is 0 Å². The quantitative estimate of drug-likeness (QED) is 0.853. The lowest BCUT2D eigenvalue weighted by Gasteiger charge is -2.29. The summed E-state index contributed by atoms with van der Waals surface area (Å²) in [5.41, 5.74) is 0.299. The van der Waals surface area contributed by atoms with Crippen LogP contribution in [0.5, 0.6) is 0 Å². The lowest BCUT2D eigenvalue weighted by atomic mass is 10.0. The van der Waals surface area contributed by atoms with Gasteiger partial charge in [-0.3, -0.25) is 4.79 Å². The van der Waals surface area contributed by atoms with Crippen LogP contribution in [0.15, 0.2) is 18.2 Å². The summed E-state index contributed by atoms with van der Waals surface area (Å²) in [4.78, 5) is 13.1. The first-order valence-corrected chi connectivity index (χ1v) is 6.66. The molecule has 1 aliphatic rings. The monoisotopic (exact) mass is 269 g/mol. The molecule has 0 aromatic heterocycles. The molecule has 2 atom stereocenters. The summed E-state index contributed by atoms with van der Waals surface area (Å²) in [5, 5.41) is 2.61. The molecule has 19 heavy (non-hydrogen) atoms. The van der Waals surface area contributed by atoms with E-state index in [1.807, 2.05) is 0 Å². The first-order valence-electron chi connectivity index (χ1n) is 6.66. The van der Waals surface area contributed by atoms with Crippen molar-refractivity contribution in [3.8, 4) is 0 Å². The summed E-state index contributed by atoms with van der Waals surface area (Å²) >= 11 is 0. The molecule has 0 saturated carbocycles. The van der Waals surface area contributed by atoms with E-state index >= 15 is 0 Å². The maximum atomic E-state index is 13.0. The van der Waals surface area contributed by atoms with Crippen LogP contribution in [0, 0.1) is 11.6 Å². The number of likely N-dealkylation sites (tertiary alicyclic amines) is 1. The molecule has 0 spiro atoms. The van der Waals surface area contributed by atoms with Gasteiger partial charge in [0.1, 0.15) is 0 Å². The molecule has 0 bridgehead atoms. The van der Waals surface area contributed by atoms with Crippen molar-refractivity contribution in [3.63, 3.8) is 0 Å². The number of nitrogens with one attached hydrogen (secondary N) is 2. The van der Waals surface area contributed by atoms with Crippen LogP contribution in [0.1, 0.15) is 26.2 Å². The molecule has 1 aromatic carbocycles. The Hall–Kier alpha value is -1.49. The van der Waals surface area contributed by atoms with Gasteiger partial charge in [0.25, 0.3) is 5.91 Å². The predicted octanol–water partition coefficient (Wildman–Crippen LogP) is 1.36. The second-order valence-electron chi connectivity index (χ2n) is 5.16. The third-order valence-corrected chi connectivity index (χ3v) is 3.67. The van der Waals surface area contributed by atoms with Crippen molar-refractivity contribution in [2.75, 3.05) is 18.4 Å². The first kappa shape index (κ1) is 13.9. The minimum absolute atomic E-state index is 0.158. The first-order chi connectivity index (χ1) is 9.06. The zero-order valence-corrected chi connectivity index (χ0v) is 11.0. The Morgan fingerprint density at radius 3 is 2.84 bits per heavy atom. The minimum atomic E-state index is -0.948. The molecular formula is C14H19F2N2O+.